The monoisotopic (exact) mass is 493 g/mol. The molecule has 0 spiro atoms. The number of carbonyl (C=O) groups excluding carboxylic acids is 2. The number of ether oxygens (including phenoxy) is 1. The molecule has 3 aromatic rings. The van der Waals surface area contributed by atoms with Gasteiger partial charge in [-0.3, -0.25) is 9.59 Å². The molecule has 0 radical (unpaired) electrons. The summed E-state index contributed by atoms with van der Waals surface area (Å²) in [5.74, 6) is -0.583. The van der Waals surface area contributed by atoms with Gasteiger partial charge in [0.2, 0.25) is 0 Å². The van der Waals surface area contributed by atoms with Gasteiger partial charge in [0.15, 0.2) is 6.61 Å². The molecule has 0 aliphatic rings. The second kappa shape index (κ2) is 11.4. The van der Waals surface area contributed by atoms with E-state index >= 15 is 0 Å². The third-order valence-electron chi connectivity index (χ3n) is 4.75. The lowest BCUT2D eigenvalue weighted by Crippen LogP contribution is -2.20. The van der Waals surface area contributed by atoms with Crippen molar-refractivity contribution in [3.8, 4) is 11.8 Å². The molecule has 0 saturated heterocycles. The molecule has 0 unspecified atom stereocenters. The SMILES string of the molecule is Cc1ccc(NC(=O)COc2ccc(/C=C(/C#N)C(=O)Nc3ccc(Cl)cc3)cc2Cl)c(C)c1. The smallest absolute Gasteiger partial charge is 0.266 e. The van der Waals surface area contributed by atoms with Crippen molar-refractivity contribution in [2.45, 2.75) is 13.8 Å². The number of carbonyl (C=O) groups is 2. The van der Waals surface area contributed by atoms with Crippen LogP contribution in [-0.4, -0.2) is 18.4 Å². The van der Waals surface area contributed by atoms with E-state index in [1.807, 2.05) is 38.1 Å². The van der Waals surface area contributed by atoms with Crippen molar-refractivity contribution in [1.82, 2.24) is 0 Å². The molecule has 0 bridgehead atoms. The second-order valence-electron chi connectivity index (χ2n) is 7.48. The van der Waals surface area contributed by atoms with Crippen LogP contribution in [0.3, 0.4) is 0 Å². The van der Waals surface area contributed by atoms with E-state index in [9.17, 15) is 14.9 Å². The Morgan fingerprint density at radius 1 is 1.00 bits per heavy atom. The van der Waals surface area contributed by atoms with Crippen molar-refractivity contribution < 1.29 is 14.3 Å². The normalized spacial score (nSPS) is 10.9. The Labute approximate surface area is 207 Å². The molecule has 0 fully saturated rings. The summed E-state index contributed by atoms with van der Waals surface area (Å²) in [6, 6.07) is 18.9. The van der Waals surface area contributed by atoms with Crippen LogP contribution < -0.4 is 15.4 Å². The van der Waals surface area contributed by atoms with E-state index in [-0.39, 0.29) is 23.1 Å². The van der Waals surface area contributed by atoms with Gasteiger partial charge in [-0.1, -0.05) is 47.0 Å². The Balaban J connectivity index is 1.63. The van der Waals surface area contributed by atoms with E-state index in [1.54, 1.807) is 42.5 Å². The second-order valence-corrected chi connectivity index (χ2v) is 8.32. The molecule has 0 atom stereocenters. The third-order valence-corrected chi connectivity index (χ3v) is 5.30. The summed E-state index contributed by atoms with van der Waals surface area (Å²) in [7, 11) is 0. The highest BCUT2D eigenvalue weighted by Crippen LogP contribution is 2.27. The molecular formula is C26H21Cl2N3O3. The standard InChI is InChI=1S/C26H21Cl2N3O3/c1-16-3-9-23(17(2)11-16)31-25(32)15-34-24-10-4-18(13-22(24)28)12-19(14-29)26(33)30-21-7-5-20(27)6-8-21/h3-13H,15H2,1-2H3,(H,30,33)(H,31,32)/b19-12-. The summed E-state index contributed by atoms with van der Waals surface area (Å²) in [6.07, 6.45) is 1.41. The average molecular weight is 494 g/mol. The first-order valence-corrected chi connectivity index (χ1v) is 11.0. The number of rotatable bonds is 7. The van der Waals surface area contributed by atoms with Crippen molar-refractivity contribution >= 4 is 52.5 Å². The first-order valence-electron chi connectivity index (χ1n) is 10.2. The third kappa shape index (κ3) is 6.85. The summed E-state index contributed by atoms with van der Waals surface area (Å²) in [5.41, 5.74) is 3.71. The Morgan fingerprint density at radius 2 is 1.74 bits per heavy atom. The van der Waals surface area contributed by atoms with Crippen LogP contribution in [0.5, 0.6) is 5.75 Å². The van der Waals surface area contributed by atoms with Gasteiger partial charge in [0.05, 0.1) is 5.02 Å². The van der Waals surface area contributed by atoms with Gasteiger partial charge < -0.3 is 15.4 Å². The highest BCUT2D eigenvalue weighted by Gasteiger charge is 2.12. The van der Waals surface area contributed by atoms with Crippen LogP contribution in [0.25, 0.3) is 6.08 Å². The topological polar surface area (TPSA) is 91.2 Å². The van der Waals surface area contributed by atoms with Gasteiger partial charge in [0, 0.05) is 16.4 Å². The van der Waals surface area contributed by atoms with Crippen LogP contribution in [0.2, 0.25) is 10.0 Å². The van der Waals surface area contributed by atoms with Crippen LogP contribution in [0.15, 0.2) is 66.2 Å². The molecule has 34 heavy (non-hydrogen) atoms. The Morgan fingerprint density at radius 3 is 2.38 bits per heavy atom. The number of anilines is 2. The van der Waals surface area contributed by atoms with E-state index in [0.717, 1.165) is 11.1 Å². The molecule has 0 heterocycles. The molecule has 0 aliphatic heterocycles. The number of nitrogens with zero attached hydrogens (tertiary/aromatic N) is 1. The van der Waals surface area contributed by atoms with Crippen LogP contribution in [0, 0.1) is 25.2 Å². The van der Waals surface area contributed by atoms with Gasteiger partial charge >= 0.3 is 0 Å². The quantitative estimate of drug-likeness (QED) is 0.304. The van der Waals surface area contributed by atoms with Crippen LogP contribution in [0.4, 0.5) is 11.4 Å². The number of halogens is 2. The van der Waals surface area contributed by atoms with E-state index in [2.05, 4.69) is 10.6 Å². The number of amides is 2. The molecule has 0 saturated carbocycles. The number of nitriles is 1. The maximum Gasteiger partial charge on any atom is 0.266 e. The van der Waals surface area contributed by atoms with Crippen LogP contribution >= 0.6 is 23.2 Å². The number of aryl methyl sites for hydroxylation is 2. The fraction of sp³-hybridized carbons (Fsp3) is 0.115. The molecule has 172 valence electrons. The van der Waals surface area contributed by atoms with Gasteiger partial charge in [-0.05, 0) is 73.5 Å². The molecule has 3 aromatic carbocycles. The molecule has 8 heteroatoms. The van der Waals surface area contributed by atoms with E-state index < -0.39 is 5.91 Å². The molecule has 0 aromatic heterocycles. The van der Waals surface area contributed by atoms with E-state index in [0.29, 0.717) is 27.7 Å². The maximum absolute atomic E-state index is 12.4. The van der Waals surface area contributed by atoms with Gasteiger partial charge in [0.1, 0.15) is 17.4 Å². The predicted octanol–water partition coefficient (Wildman–Crippen LogP) is 6.17. The minimum Gasteiger partial charge on any atom is -0.482 e. The highest BCUT2D eigenvalue weighted by atomic mass is 35.5. The molecule has 3 rings (SSSR count). The summed E-state index contributed by atoms with van der Waals surface area (Å²) >= 11 is 12.1. The number of benzene rings is 3. The van der Waals surface area contributed by atoms with E-state index in [4.69, 9.17) is 27.9 Å². The maximum atomic E-state index is 12.4. The zero-order valence-corrected chi connectivity index (χ0v) is 20.0. The lowest BCUT2D eigenvalue weighted by molar-refractivity contribution is -0.118. The van der Waals surface area contributed by atoms with Gasteiger partial charge in [-0.2, -0.15) is 5.26 Å². The molecule has 2 N–H and O–H groups in total. The largest absolute Gasteiger partial charge is 0.482 e. The fourth-order valence-corrected chi connectivity index (χ4v) is 3.42. The van der Waals surface area contributed by atoms with Crippen molar-refractivity contribution in [3.63, 3.8) is 0 Å². The van der Waals surface area contributed by atoms with Crippen molar-refractivity contribution in [1.29, 1.82) is 5.26 Å². The van der Waals surface area contributed by atoms with Crippen molar-refractivity contribution in [2.24, 2.45) is 0 Å². The lowest BCUT2D eigenvalue weighted by Gasteiger charge is -2.11. The summed E-state index contributed by atoms with van der Waals surface area (Å²) < 4.78 is 5.54. The molecule has 6 nitrogen and oxygen atoms in total. The van der Waals surface area contributed by atoms with Crippen LogP contribution in [-0.2, 0) is 9.59 Å². The zero-order valence-electron chi connectivity index (χ0n) is 18.5. The Bertz CT molecular complexity index is 1300. The molecular weight excluding hydrogens is 473 g/mol. The van der Waals surface area contributed by atoms with Crippen molar-refractivity contribution in [3.05, 3.63) is 93.0 Å². The van der Waals surface area contributed by atoms with E-state index in [1.165, 1.54) is 6.08 Å². The Hall–Kier alpha value is -3.79. The first kappa shape index (κ1) is 24.8. The average Bonchev–Trinajstić information content (AvgIpc) is 2.80. The van der Waals surface area contributed by atoms with Gasteiger partial charge in [0.25, 0.3) is 11.8 Å². The number of hydrogen-bond donors (Lipinski definition) is 2. The summed E-state index contributed by atoms with van der Waals surface area (Å²) in [5, 5.41) is 15.6. The zero-order chi connectivity index (χ0) is 24.7. The number of nitrogens with one attached hydrogen (secondary N) is 2. The Kier molecular flexibility index (Phi) is 8.31. The number of hydrogen-bond acceptors (Lipinski definition) is 4. The van der Waals surface area contributed by atoms with Crippen LogP contribution in [0.1, 0.15) is 16.7 Å². The van der Waals surface area contributed by atoms with Gasteiger partial charge in [-0.25, -0.2) is 0 Å². The minimum absolute atomic E-state index is 0.104. The van der Waals surface area contributed by atoms with Gasteiger partial charge in [-0.15, -0.1) is 0 Å². The fourth-order valence-electron chi connectivity index (χ4n) is 3.05. The minimum atomic E-state index is -0.565. The summed E-state index contributed by atoms with van der Waals surface area (Å²) in [6.45, 7) is 3.67. The summed E-state index contributed by atoms with van der Waals surface area (Å²) in [4.78, 5) is 24.7. The lowest BCUT2D eigenvalue weighted by atomic mass is 10.1. The van der Waals surface area contributed by atoms with Crippen molar-refractivity contribution in [2.75, 3.05) is 17.2 Å². The predicted molar refractivity (Wildman–Crippen MR) is 135 cm³/mol. The molecule has 0 aliphatic carbocycles. The molecule has 2 amide bonds. The highest BCUT2D eigenvalue weighted by molar-refractivity contribution is 6.32. The first-order chi connectivity index (χ1) is 16.2.